The average Bonchev–Trinajstić information content (AvgIpc) is 2.43. The van der Waals surface area contributed by atoms with Crippen molar-refractivity contribution in [3.63, 3.8) is 0 Å². The predicted molar refractivity (Wildman–Crippen MR) is 81.0 cm³/mol. The zero-order valence-corrected chi connectivity index (χ0v) is 12.6. The van der Waals surface area contributed by atoms with Crippen LogP contribution < -0.4 is 0 Å². The molecule has 1 aromatic rings. The molecule has 0 saturated heterocycles. The number of Topliss-reactive ketones (excluding diaryl/α,β-unsaturated/α-hetero) is 1. The van der Waals surface area contributed by atoms with E-state index in [1.165, 1.54) is 32.1 Å². The number of hydrogen-bond acceptors (Lipinski definition) is 1. The second-order valence-electron chi connectivity index (χ2n) is 5.47. The molecule has 1 aliphatic carbocycles. The highest BCUT2D eigenvalue weighted by Gasteiger charge is 2.15. The van der Waals surface area contributed by atoms with Gasteiger partial charge in [0, 0.05) is 12.8 Å². The van der Waals surface area contributed by atoms with Crippen LogP contribution in [0, 0.1) is 5.92 Å². The lowest BCUT2D eigenvalue weighted by molar-refractivity contribution is -0.118. The zero-order valence-electron chi connectivity index (χ0n) is 11.1. The molecule has 2 rings (SSSR count). The SMILES string of the molecule is O=C(CCC1CCCCC1)Cc1cccc(Cl)c1Cl. The van der Waals surface area contributed by atoms with Crippen LogP contribution in [0.5, 0.6) is 0 Å². The number of benzene rings is 1. The molecule has 0 N–H and O–H groups in total. The lowest BCUT2D eigenvalue weighted by Gasteiger charge is -2.20. The molecule has 0 bridgehead atoms. The van der Waals surface area contributed by atoms with Crippen LogP contribution >= 0.6 is 23.2 Å². The molecule has 0 radical (unpaired) electrons. The van der Waals surface area contributed by atoms with E-state index in [0.29, 0.717) is 22.9 Å². The molecule has 1 aromatic carbocycles. The molecule has 3 heteroatoms. The van der Waals surface area contributed by atoms with Crippen LogP contribution in [0.1, 0.15) is 50.5 Å². The van der Waals surface area contributed by atoms with E-state index in [0.717, 1.165) is 17.9 Å². The lowest BCUT2D eigenvalue weighted by Crippen LogP contribution is -2.10. The van der Waals surface area contributed by atoms with Crippen LogP contribution in [0.25, 0.3) is 0 Å². The molecule has 0 unspecified atom stereocenters. The fraction of sp³-hybridized carbons (Fsp3) is 0.562. The maximum Gasteiger partial charge on any atom is 0.137 e. The van der Waals surface area contributed by atoms with Gasteiger partial charge in [0.1, 0.15) is 5.78 Å². The van der Waals surface area contributed by atoms with Gasteiger partial charge in [-0.1, -0.05) is 67.4 Å². The number of carbonyl (C=O) groups is 1. The van der Waals surface area contributed by atoms with Crippen molar-refractivity contribution in [2.75, 3.05) is 0 Å². The summed E-state index contributed by atoms with van der Waals surface area (Å²) in [6.45, 7) is 0. The van der Waals surface area contributed by atoms with Gasteiger partial charge in [0.15, 0.2) is 0 Å². The lowest BCUT2D eigenvalue weighted by atomic mass is 9.85. The van der Waals surface area contributed by atoms with Gasteiger partial charge in [-0.25, -0.2) is 0 Å². The summed E-state index contributed by atoms with van der Waals surface area (Å²) >= 11 is 12.1. The summed E-state index contributed by atoms with van der Waals surface area (Å²) in [5, 5.41) is 1.05. The third kappa shape index (κ3) is 4.50. The van der Waals surface area contributed by atoms with Gasteiger partial charge >= 0.3 is 0 Å². The van der Waals surface area contributed by atoms with E-state index >= 15 is 0 Å². The molecule has 19 heavy (non-hydrogen) atoms. The number of halogens is 2. The van der Waals surface area contributed by atoms with Crippen molar-refractivity contribution < 1.29 is 4.79 Å². The van der Waals surface area contributed by atoms with Gasteiger partial charge < -0.3 is 0 Å². The molecule has 1 saturated carbocycles. The minimum Gasteiger partial charge on any atom is -0.299 e. The summed E-state index contributed by atoms with van der Waals surface area (Å²) < 4.78 is 0. The molecule has 1 nitrogen and oxygen atoms in total. The molecule has 0 spiro atoms. The Morgan fingerprint density at radius 1 is 1.16 bits per heavy atom. The number of ketones is 1. The fourth-order valence-electron chi connectivity index (χ4n) is 2.83. The Balaban J connectivity index is 1.82. The second-order valence-corrected chi connectivity index (χ2v) is 6.26. The van der Waals surface area contributed by atoms with Crippen LogP contribution in [0.4, 0.5) is 0 Å². The topological polar surface area (TPSA) is 17.1 Å². The quantitative estimate of drug-likeness (QED) is 0.705. The van der Waals surface area contributed by atoms with Gasteiger partial charge in [-0.15, -0.1) is 0 Å². The van der Waals surface area contributed by atoms with E-state index in [1.54, 1.807) is 6.07 Å². The molecule has 0 atom stereocenters. The molecular weight excluding hydrogens is 279 g/mol. The Hall–Kier alpha value is -0.530. The first-order chi connectivity index (χ1) is 9.16. The summed E-state index contributed by atoms with van der Waals surface area (Å²) in [5.41, 5.74) is 0.850. The average molecular weight is 299 g/mol. The largest absolute Gasteiger partial charge is 0.299 e. The second kappa shape index (κ2) is 7.31. The van der Waals surface area contributed by atoms with Gasteiger partial charge in [-0.2, -0.15) is 0 Å². The summed E-state index contributed by atoms with van der Waals surface area (Å²) in [5.74, 6) is 1.03. The van der Waals surface area contributed by atoms with Gasteiger partial charge in [0.05, 0.1) is 10.0 Å². The third-order valence-electron chi connectivity index (χ3n) is 3.98. The summed E-state index contributed by atoms with van der Waals surface area (Å²) in [4.78, 5) is 12.0. The maximum absolute atomic E-state index is 12.0. The molecule has 0 aromatic heterocycles. The van der Waals surface area contributed by atoms with Crippen molar-refractivity contribution in [1.29, 1.82) is 0 Å². The highest BCUT2D eigenvalue weighted by atomic mass is 35.5. The minimum absolute atomic E-state index is 0.273. The van der Waals surface area contributed by atoms with Crippen LogP contribution in [0.2, 0.25) is 10.0 Å². The first kappa shape index (κ1) is 14.9. The van der Waals surface area contributed by atoms with E-state index in [9.17, 15) is 4.79 Å². The maximum atomic E-state index is 12.0. The molecular formula is C16H20Cl2O. The van der Waals surface area contributed by atoms with Crippen LogP contribution in [-0.2, 0) is 11.2 Å². The van der Waals surface area contributed by atoms with E-state index < -0.39 is 0 Å². The first-order valence-corrected chi connectivity index (χ1v) is 7.87. The van der Waals surface area contributed by atoms with Crippen LogP contribution in [0.3, 0.4) is 0 Å². The van der Waals surface area contributed by atoms with Crippen LogP contribution in [0.15, 0.2) is 18.2 Å². The molecule has 1 aliphatic rings. The minimum atomic E-state index is 0.273. The molecule has 104 valence electrons. The van der Waals surface area contributed by atoms with Crippen molar-refractivity contribution in [3.8, 4) is 0 Å². The van der Waals surface area contributed by atoms with E-state index in [1.807, 2.05) is 12.1 Å². The van der Waals surface area contributed by atoms with Crippen molar-refractivity contribution in [2.24, 2.45) is 5.92 Å². The van der Waals surface area contributed by atoms with E-state index in [2.05, 4.69) is 0 Å². The summed E-state index contributed by atoms with van der Waals surface area (Å²) in [6, 6.07) is 5.48. The van der Waals surface area contributed by atoms with Crippen molar-refractivity contribution in [3.05, 3.63) is 33.8 Å². The monoisotopic (exact) mass is 298 g/mol. The van der Waals surface area contributed by atoms with Gasteiger partial charge in [-0.05, 0) is 24.0 Å². The Kier molecular flexibility index (Phi) is 5.72. The predicted octanol–water partition coefficient (Wildman–Crippen LogP) is 5.47. The fourth-order valence-corrected chi connectivity index (χ4v) is 3.21. The highest BCUT2D eigenvalue weighted by molar-refractivity contribution is 6.42. The number of hydrogen-bond donors (Lipinski definition) is 0. The molecule has 0 amide bonds. The highest BCUT2D eigenvalue weighted by Crippen LogP contribution is 2.29. The third-order valence-corrected chi connectivity index (χ3v) is 4.83. The summed E-state index contributed by atoms with van der Waals surface area (Å²) in [7, 11) is 0. The van der Waals surface area contributed by atoms with Crippen molar-refractivity contribution >= 4 is 29.0 Å². The van der Waals surface area contributed by atoms with Crippen LogP contribution in [-0.4, -0.2) is 5.78 Å². The normalized spacial score (nSPS) is 16.5. The molecule has 0 aliphatic heterocycles. The van der Waals surface area contributed by atoms with Gasteiger partial charge in [0.2, 0.25) is 0 Å². The smallest absolute Gasteiger partial charge is 0.137 e. The van der Waals surface area contributed by atoms with E-state index in [-0.39, 0.29) is 5.78 Å². The first-order valence-electron chi connectivity index (χ1n) is 7.11. The summed E-state index contributed by atoms with van der Waals surface area (Å²) in [6.07, 6.45) is 8.74. The van der Waals surface area contributed by atoms with E-state index in [4.69, 9.17) is 23.2 Å². The number of carbonyl (C=O) groups excluding carboxylic acids is 1. The van der Waals surface area contributed by atoms with Crippen molar-refractivity contribution in [2.45, 2.75) is 51.4 Å². The zero-order chi connectivity index (χ0) is 13.7. The van der Waals surface area contributed by atoms with Gasteiger partial charge in [-0.3, -0.25) is 4.79 Å². The molecule has 1 fully saturated rings. The Morgan fingerprint density at radius 2 is 1.89 bits per heavy atom. The Labute approximate surface area is 125 Å². The standard InChI is InChI=1S/C16H20Cl2O/c17-15-8-4-7-13(16(15)18)11-14(19)10-9-12-5-2-1-3-6-12/h4,7-8,12H,1-3,5-6,9-11H2. The Morgan fingerprint density at radius 3 is 2.63 bits per heavy atom. The number of rotatable bonds is 5. The van der Waals surface area contributed by atoms with Gasteiger partial charge in [0.25, 0.3) is 0 Å². The Bertz CT molecular complexity index is 436. The van der Waals surface area contributed by atoms with Crippen molar-refractivity contribution in [1.82, 2.24) is 0 Å². The molecule has 0 heterocycles.